The number of halogens is 1. The topological polar surface area (TPSA) is 67.4 Å². The Bertz CT molecular complexity index is 684. The first-order valence-electron chi connectivity index (χ1n) is 7.01. The molecule has 0 aliphatic carbocycles. The number of hydrogen-bond donors (Lipinski definition) is 2. The van der Waals surface area contributed by atoms with Crippen molar-refractivity contribution in [3.63, 3.8) is 0 Å². The van der Waals surface area contributed by atoms with E-state index in [2.05, 4.69) is 15.4 Å². The lowest BCUT2D eigenvalue weighted by atomic mass is 10.2. The normalized spacial score (nSPS) is 11.4. The Kier molecular flexibility index (Phi) is 5.30. The van der Waals surface area contributed by atoms with Crippen LogP contribution in [0, 0.1) is 5.82 Å². The molecule has 5 nitrogen and oxygen atoms in total. The number of anilines is 2. The van der Waals surface area contributed by atoms with Crippen molar-refractivity contribution < 1.29 is 18.7 Å². The van der Waals surface area contributed by atoms with Crippen molar-refractivity contribution in [1.29, 1.82) is 0 Å². The van der Waals surface area contributed by atoms with Gasteiger partial charge in [0.25, 0.3) is 0 Å². The number of rotatable bonds is 5. The van der Waals surface area contributed by atoms with Crippen molar-refractivity contribution in [1.82, 2.24) is 0 Å². The lowest BCUT2D eigenvalue weighted by molar-refractivity contribution is -0.116. The fourth-order valence-corrected chi connectivity index (χ4v) is 1.92. The molecule has 2 N–H and O–H groups in total. The van der Waals surface area contributed by atoms with Crippen LogP contribution in [0.4, 0.5) is 15.8 Å². The standard InChI is InChI=1S/C17H17FN2O3/c1-11(16(21)20-15-9-5-13(18)6-10-15)19-14-7-3-12(4-8-14)17(22)23-2/h3-11,19H,1-2H3,(H,20,21)/t11-/m1/s1. The summed E-state index contributed by atoms with van der Waals surface area (Å²) in [6.07, 6.45) is 0. The van der Waals surface area contributed by atoms with Gasteiger partial charge in [0, 0.05) is 11.4 Å². The molecule has 0 fully saturated rings. The minimum Gasteiger partial charge on any atom is -0.465 e. The first-order chi connectivity index (χ1) is 11.0. The van der Waals surface area contributed by atoms with Gasteiger partial charge in [0.15, 0.2) is 0 Å². The van der Waals surface area contributed by atoms with E-state index in [1.54, 1.807) is 31.2 Å². The number of carbonyl (C=O) groups is 2. The zero-order valence-electron chi connectivity index (χ0n) is 12.8. The van der Waals surface area contributed by atoms with Crippen LogP contribution in [0.3, 0.4) is 0 Å². The van der Waals surface area contributed by atoms with Gasteiger partial charge >= 0.3 is 5.97 Å². The van der Waals surface area contributed by atoms with Crippen LogP contribution in [-0.2, 0) is 9.53 Å². The first-order valence-corrected chi connectivity index (χ1v) is 7.01. The lowest BCUT2D eigenvalue weighted by Gasteiger charge is -2.15. The number of ether oxygens (including phenoxy) is 1. The van der Waals surface area contributed by atoms with Gasteiger partial charge in [-0.15, -0.1) is 0 Å². The summed E-state index contributed by atoms with van der Waals surface area (Å²) in [4.78, 5) is 23.4. The molecule has 0 aromatic heterocycles. The van der Waals surface area contributed by atoms with E-state index in [1.165, 1.54) is 31.4 Å². The van der Waals surface area contributed by atoms with Crippen LogP contribution in [0.2, 0.25) is 0 Å². The largest absolute Gasteiger partial charge is 0.465 e. The number of carbonyl (C=O) groups excluding carboxylic acids is 2. The van der Waals surface area contributed by atoms with Crippen LogP contribution in [0.1, 0.15) is 17.3 Å². The highest BCUT2D eigenvalue weighted by Crippen LogP contribution is 2.13. The number of benzene rings is 2. The van der Waals surface area contributed by atoms with Gasteiger partial charge in [-0.05, 0) is 55.5 Å². The zero-order valence-corrected chi connectivity index (χ0v) is 12.8. The van der Waals surface area contributed by atoms with Crippen LogP contribution < -0.4 is 10.6 Å². The highest BCUT2D eigenvalue weighted by Gasteiger charge is 2.13. The molecule has 6 heteroatoms. The van der Waals surface area contributed by atoms with E-state index < -0.39 is 12.0 Å². The van der Waals surface area contributed by atoms with Crippen molar-refractivity contribution >= 4 is 23.3 Å². The highest BCUT2D eigenvalue weighted by molar-refractivity contribution is 5.96. The van der Waals surface area contributed by atoms with Crippen molar-refractivity contribution in [2.45, 2.75) is 13.0 Å². The average molecular weight is 316 g/mol. The van der Waals surface area contributed by atoms with Gasteiger partial charge in [0.1, 0.15) is 11.9 Å². The third kappa shape index (κ3) is 4.54. The summed E-state index contributed by atoms with van der Waals surface area (Å²) < 4.78 is 17.4. The summed E-state index contributed by atoms with van der Waals surface area (Å²) in [6, 6.07) is 11.6. The fraction of sp³-hybridized carbons (Fsp3) is 0.176. The van der Waals surface area contributed by atoms with Gasteiger partial charge in [-0.3, -0.25) is 4.79 Å². The molecule has 0 radical (unpaired) electrons. The molecule has 0 saturated carbocycles. The highest BCUT2D eigenvalue weighted by atomic mass is 19.1. The van der Waals surface area contributed by atoms with E-state index in [9.17, 15) is 14.0 Å². The Hall–Kier alpha value is -2.89. The molecule has 120 valence electrons. The molecule has 0 unspecified atom stereocenters. The lowest BCUT2D eigenvalue weighted by Crippen LogP contribution is -2.31. The summed E-state index contributed by atoms with van der Waals surface area (Å²) in [5.41, 5.74) is 1.65. The van der Waals surface area contributed by atoms with Crippen molar-refractivity contribution in [3.8, 4) is 0 Å². The van der Waals surface area contributed by atoms with Crippen molar-refractivity contribution in [2.75, 3.05) is 17.7 Å². The van der Waals surface area contributed by atoms with Gasteiger partial charge in [-0.1, -0.05) is 0 Å². The molecule has 2 aromatic carbocycles. The van der Waals surface area contributed by atoms with Crippen molar-refractivity contribution in [3.05, 3.63) is 59.9 Å². The van der Waals surface area contributed by atoms with E-state index in [0.29, 0.717) is 16.9 Å². The van der Waals surface area contributed by atoms with E-state index in [4.69, 9.17) is 0 Å². The third-order valence-corrected chi connectivity index (χ3v) is 3.19. The third-order valence-electron chi connectivity index (χ3n) is 3.19. The van der Waals surface area contributed by atoms with E-state index >= 15 is 0 Å². The molecule has 0 spiro atoms. The zero-order chi connectivity index (χ0) is 16.8. The Labute approximate surface area is 133 Å². The predicted molar refractivity (Wildman–Crippen MR) is 85.9 cm³/mol. The molecule has 0 bridgehead atoms. The molecule has 23 heavy (non-hydrogen) atoms. The summed E-state index contributed by atoms with van der Waals surface area (Å²) in [5, 5.41) is 5.70. The molecule has 0 saturated heterocycles. The second kappa shape index (κ2) is 7.40. The van der Waals surface area contributed by atoms with E-state index in [-0.39, 0.29) is 11.7 Å². The van der Waals surface area contributed by atoms with Crippen LogP contribution in [-0.4, -0.2) is 25.0 Å². The van der Waals surface area contributed by atoms with Crippen LogP contribution in [0.25, 0.3) is 0 Å². The van der Waals surface area contributed by atoms with Gasteiger partial charge in [-0.2, -0.15) is 0 Å². The molecule has 0 aliphatic rings. The molecule has 0 heterocycles. The van der Waals surface area contributed by atoms with Crippen LogP contribution in [0.5, 0.6) is 0 Å². The molecule has 2 rings (SSSR count). The smallest absolute Gasteiger partial charge is 0.337 e. The number of esters is 1. The summed E-state index contributed by atoms with van der Waals surface area (Å²) in [7, 11) is 1.32. The van der Waals surface area contributed by atoms with Gasteiger partial charge in [-0.25, -0.2) is 9.18 Å². The summed E-state index contributed by atoms with van der Waals surface area (Å²) in [6.45, 7) is 1.70. The molecular weight excluding hydrogens is 299 g/mol. The summed E-state index contributed by atoms with van der Waals surface area (Å²) in [5.74, 6) is -1.04. The van der Waals surface area contributed by atoms with Crippen LogP contribution in [0.15, 0.2) is 48.5 Å². The number of methoxy groups -OCH3 is 1. The molecular formula is C17H17FN2O3. The maximum absolute atomic E-state index is 12.8. The van der Waals surface area contributed by atoms with Crippen molar-refractivity contribution in [2.24, 2.45) is 0 Å². The minimum atomic E-state index is -0.510. The van der Waals surface area contributed by atoms with Gasteiger partial charge in [0.2, 0.25) is 5.91 Å². The SMILES string of the molecule is COC(=O)c1ccc(N[C@H](C)C(=O)Nc2ccc(F)cc2)cc1. The van der Waals surface area contributed by atoms with Crippen LogP contribution >= 0.6 is 0 Å². The van der Waals surface area contributed by atoms with E-state index in [0.717, 1.165) is 0 Å². The maximum Gasteiger partial charge on any atom is 0.337 e. The number of amides is 1. The molecule has 1 atom stereocenters. The maximum atomic E-state index is 12.8. The average Bonchev–Trinajstić information content (AvgIpc) is 2.56. The second-order valence-corrected chi connectivity index (χ2v) is 4.93. The quantitative estimate of drug-likeness (QED) is 0.832. The van der Waals surface area contributed by atoms with E-state index in [1.807, 2.05) is 0 Å². The molecule has 2 aromatic rings. The fourth-order valence-electron chi connectivity index (χ4n) is 1.92. The van der Waals surface area contributed by atoms with Gasteiger partial charge in [0.05, 0.1) is 12.7 Å². The minimum absolute atomic E-state index is 0.256. The monoisotopic (exact) mass is 316 g/mol. The Morgan fingerprint density at radius 2 is 1.57 bits per heavy atom. The second-order valence-electron chi connectivity index (χ2n) is 4.93. The number of nitrogens with one attached hydrogen (secondary N) is 2. The van der Waals surface area contributed by atoms with Gasteiger partial charge < -0.3 is 15.4 Å². The first kappa shape index (κ1) is 16.5. The Balaban J connectivity index is 1.95. The predicted octanol–water partition coefficient (Wildman–Crippen LogP) is 3.05. The molecule has 1 amide bonds. The summed E-state index contributed by atoms with van der Waals surface area (Å²) >= 11 is 0. The Morgan fingerprint density at radius 1 is 1.00 bits per heavy atom. The Morgan fingerprint density at radius 3 is 2.13 bits per heavy atom. The number of hydrogen-bond acceptors (Lipinski definition) is 4. The molecule has 0 aliphatic heterocycles.